The molecule has 0 radical (unpaired) electrons. The van der Waals surface area contributed by atoms with Crippen LogP contribution < -0.4 is 4.74 Å². The molecule has 32 heavy (non-hydrogen) atoms. The van der Waals surface area contributed by atoms with Crippen molar-refractivity contribution in [2.24, 2.45) is 0 Å². The number of aliphatic hydroxyl groups excluding tert-OH is 1. The number of rotatable bonds is 8. The normalized spacial score (nSPS) is 17.9. The molecule has 0 saturated carbocycles. The Morgan fingerprint density at radius 2 is 1.81 bits per heavy atom. The summed E-state index contributed by atoms with van der Waals surface area (Å²) in [5, 5.41) is 11.4. The number of aromatic nitrogens is 1. The highest BCUT2D eigenvalue weighted by molar-refractivity contribution is 6.46. The summed E-state index contributed by atoms with van der Waals surface area (Å²) in [5.74, 6) is -1.58. The Morgan fingerprint density at radius 1 is 1.19 bits per heavy atom. The Kier molecular flexibility index (Phi) is 7.77. The van der Waals surface area contributed by atoms with Crippen molar-refractivity contribution < 1.29 is 24.2 Å². The topological polar surface area (TPSA) is 89.0 Å². The van der Waals surface area contributed by atoms with Crippen LogP contribution in [0.1, 0.15) is 37.4 Å². The van der Waals surface area contributed by atoms with Crippen molar-refractivity contribution in [3.63, 3.8) is 0 Å². The molecule has 0 spiro atoms. The van der Waals surface area contributed by atoms with Crippen molar-refractivity contribution in [2.75, 3.05) is 20.3 Å². The number of hydrogen-bond acceptors (Lipinski definition) is 6. The molecule has 1 atom stereocenters. The quantitative estimate of drug-likeness (QED) is 0.257. The van der Waals surface area contributed by atoms with Gasteiger partial charge in [-0.05, 0) is 50.1 Å². The van der Waals surface area contributed by atoms with E-state index >= 15 is 0 Å². The fourth-order valence-electron chi connectivity index (χ4n) is 3.60. The van der Waals surface area contributed by atoms with E-state index in [1.165, 1.54) is 24.1 Å². The Labute approximate surface area is 196 Å². The standard InChI is InChI=1S/C23H24Cl2N2O5/c1-13(2)32-10-4-9-27-19(14-5-7-26-8-6-14)18(21(29)23(27)30)20(28)15-11-16(24)22(31-3)17(25)12-15/h5-8,11-13,19,28H,4,9-10H2,1-3H3/b20-18+. The molecule has 1 aliphatic rings. The molecule has 1 unspecified atom stereocenters. The van der Waals surface area contributed by atoms with E-state index in [0.717, 1.165) is 0 Å². The Bertz CT molecular complexity index is 1020. The van der Waals surface area contributed by atoms with Crippen LogP contribution in [0.15, 0.2) is 42.2 Å². The predicted octanol–water partition coefficient (Wildman–Crippen LogP) is 4.63. The largest absolute Gasteiger partial charge is 0.507 e. The zero-order valence-electron chi connectivity index (χ0n) is 18.0. The van der Waals surface area contributed by atoms with Crippen molar-refractivity contribution in [1.82, 2.24) is 9.88 Å². The maximum Gasteiger partial charge on any atom is 0.295 e. The third kappa shape index (κ3) is 4.90. The second-order valence-corrected chi connectivity index (χ2v) is 8.33. The molecule has 1 aromatic heterocycles. The van der Waals surface area contributed by atoms with Gasteiger partial charge >= 0.3 is 0 Å². The third-order valence-corrected chi connectivity index (χ3v) is 5.59. The number of aliphatic hydroxyl groups is 1. The molecule has 2 aromatic rings. The highest BCUT2D eigenvalue weighted by Gasteiger charge is 2.45. The predicted molar refractivity (Wildman–Crippen MR) is 122 cm³/mol. The number of likely N-dealkylation sites (tertiary alicyclic amines) is 1. The van der Waals surface area contributed by atoms with E-state index in [4.69, 9.17) is 32.7 Å². The summed E-state index contributed by atoms with van der Waals surface area (Å²) in [7, 11) is 1.42. The number of ketones is 1. The molecule has 1 aromatic carbocycles. The number of carbonyl (C=O) groups excluding carboxylic acids is 2. The van der Waals surface area contributed by atoms with E-state index in [0.29, 0.717) is 18.6 Å². The van der Waals surface area contributed by atoms with Crippen LogP contribution in [0, 0.1) is 0 Å². The lowest BCUT2D eigenvalue weighted by molar-refractivity contribution is -0.140. The third-order valence-electron chi connectivity index (χ3n) is 5.03. The van der Waals surface area contributed by atoms with Gasteiger partial charge in [-0.3, -0.25) is 14.6 Å². The molecule has 1 fully saturated rings. The molecule has 170 valence electrons. The molecule has 0 bridgehead atoms. The lowest BCUT2D eigenvalue weighted by atomic mass is 9.96. The van der Waals surface area contributed by atoms with E-state index in [1.54, 1.807) is 24.5 Å². The molecule has 2 heterocycles. The van der Waals surface area contributed by atoms with Crippen molar-refractivity contribution in [2.45, 2.75) is 32.4 Å². The molecule has 1 amide bonds. The van der Waals surface area contributed by atoms with Gasteiger partial charge in [0, 0.05) is 31.1 Å². The summed E-state index contributed by atoms with van der Waals surface area (Å²) < 4.78 is 10.7. The fourth-order valence-corrected chi connectivity index (χ4v) is 4.25. The Morgan fingerprint density at radius 3 is 2.38 bits per heavy atom. The highest BCUT2D eigenvalue weighted by atomic mass is 35.5. The van der Waals surface area contributed by atoms with Gasteiger partial charge in [-0.15, -0.1) is 0 Å². The molecule has 1 aliphatic heterocycles. The van der Waals surface area contributed by atoms with Gasteiger partial charge in [0.25, 0.3) is 11.7 Å². The minimum atomic E-state index is -0.781. The lowest BCUT2D eigenvalue weighted by Gasteiger charge is -2.25. The van der Waals surface area contributed by atoms with E-state index in [-0.39, 0.29) is 45.3 Å². The summed E-state index contributed by atoms with van der Waals surface area (Å²) in [6, 6.07) is 5.51. The zero-order chi connectivity index (χ0) is 23.4. The summed E-state index contributed by atoms with van der Waals surface area (Å²) >= 11 is 12.4. The fraction of sp³-hybridized carbons (Fsp3) is 0.348. The number of methoxy groups -OCH3 is 1. The van der Waals surface area contributed by atoms with Gasteiger partial charge < -0.3 is 19.5 Å². The van der Waals surface area contributed by atoms with Crippen LogP contribution in [0.25, 0.3) is 5.76 Å². The van der Waals surface area contributed by atoms with Crippen LogP contribution in [-0.4, -0.2) is 53.0 Å². The van der Waals surface area contributed by atoms with E-state index < -0.39 is 17.7 Å². The van der Waals surface area contributed by atoms with E-state index in [1.807, 2.05) is 13.8 Å². The lowest BCUT2D eigenvalue weighted by Crippen LogP contribution is -2.31. The maximum absolute atomic E-state index is 13.0. The van der Waals surface area contributed by atoms with Crippen molar-refractivity contribution in [1.29, 1.82) is 0 Å². The highest BCUT2D eigenvalue weighted by Crippen LogP contribution is 2.41. The summed E-state index contributed by atoms with van der Waals surface area (Å²) in [6.45, 7) is 4.57. The zero-order valence-corrected chi connectivity index (χ0v) is 19.5. The van der Waals surface area contributed by atoms with Crippen LogP contribution in [-0.2, 0) is 14.3 Å². The molecule has 0 aliphatic carbocycles. The number of carbonyl (C=O) groups is 2. The van der Waals surface area contributed by atoms with Gasteiger partial charge in [0.1, 0.15) is 5.76 Å². The molecule has 1 saturated heterocycles. The molecule has 7 nitrogen and oxygen atoms in total. The van der Waals surface area contributed by atoms with Crippen LogP contribution in [0.2, 0.25) is 10.0 Å². The first kappa shape index (κ1) is 24.0. The van der Waals surface area contributed by atoms with Crippen LogP contribution in [0.4, 0.5) is 0 Å². The summed E-state index contributed by atoms with van der Waals surface area (Å²) in [5.41, 5.74) is 0.820. The molecule has 1 N–H and O–H groups in total. The number of pyridine rings is 1. The average Bonchev–Trinajstić information content (AvgIpc) is 3.01. The minimum absolute atomic E-state index is 0.0386. The number of Topliss-reactive ketones (excluding diaryl/α,β-unsaturated/α-hetero) is 1. The van der Waals surface area contributed by atoms with Crippen molar-refractivity contribution in [3.05, 3.63) is 63.4 Å². The van der Waals surface area contributed by atoms with Gasteiger partial charge in [-0.2, -0.15) is 0 Å². The second kappa shape index (κ2) is 10.3. The first-order chi connectivity index (χ1) is 15.3. The van der Waals surface area contributed by atoms with E-state index in [9.17, 15) is 14.7 Å². The van der Waals surface area contributed by atoms with Crippen LogP contribution in [0.5, 0.6) is 5.75 Å². The van der Waals surface area contributed by atoms with Crippen LogP contribution in [0.3, 0.4) is 0 Å². The SMILES string of the molecule is COc1c(Cl)cc(/C(O)=C2\C(=O)C(=O)N(CCCOC(C)C)C2c2ccncc2)cc1Cl. The van der Waals surface area contributed by atoms with E-state index in [2.05, 4.69) is 4.98 Å². The van der Waals surface area contributed by atoms with Gasteiger partial charge in [0.2, 0.25) is 0 Å². The average molecular weight is 479 g/mol. The van der Waals surface area contributed by atoms with Gasteiger partial charge in [-0.25, -0.2) is 0 Å². The van der Waals surface area contributed by atoms with Gasteiger partial charge in [-0.1, -0.05) is 23.2 Å². The maximum atomic E-state index is 13.0. The first-order valence-electron chi connectivity index (χ1n) is 10.1. The number of nitrogens with zero attached hydrogens (tertiary/aromatic N) is 2. The molecule has 3 rings (SSSR count). The van der Waals surface area contributed by atoms with Crippen LogP contribution >= 0.6 is 23.2 Å². The summed E-state index contributed by atoms with van der Waals surface area (Å²) in [6.07, 6.45) is 3.73. The number of ether oxygens (including phenoxy) is 2. The number of halogens is 2. The molecular weight excluding hydrogens is 455 g/mol. The van der Waals surface area contributed by atoms with Crippen molar-refractivity contribution >= 4 is 40.7 Å². The minimum Gasteiger partial charge on any atom is -0.507 e. The monoisotopic (exact) mass is 478 g/mol. The second-order valence-electron chi connectivity index (χ2n) is 7.52. The smallest absolute Gasteiger partial charge is 0.295 e. The van der Waals surface area contributed by atoms with Gasteiger partial charge in [0.05, 0.1) is 34.9 Å². The molecular formula is C23H24Cl2N2O5. The number of amides is 1. The van der Waals surface area contributed by atoms with Gasteiger partial charge in [0.15, 0.2) is 5.75 Å². The summed E-state index contributed by atoms with van der Waals surface area (Å²) in [4.78, 5) is 31.4. The Balaban J connectivity index is 2.06. The van der Waals surface area contributed by atoms with Crippen molar-refractivity contribution in [3.8, 4) is 5.75 Å². The number of benzene rings is 1. The number of hydrogen-bond donors (Lipinski definition) is 1. The molecule has 9 heteroatoms. The Hall–Kier alpha value is -2.61. The first-order valence-corrected chi connectivity index (χ1v) is 10.8.